The van der Waals surface area contributed by atoms with E-state index in [0.717, 1.165) is 17.9 Å². The zero-order valence-electron chi connectivity index (χ0n) is 8.88. The fourth-order valence-corrected chi connectivity index (χ4v) is 1.89. The Balaban J connectivity index is 3.69. The molecule has 14 heavy (non-hydrogen) atoms. The Labute approximate surface area is 90.3 Å². The molecule has 0 fully saturated rings. The van der Waals surface area contributed by atoms with Crippen molar-refractivity contribution in [1.82, 2.24) is 5.32 Å². The average Bonchev–Trinajstić information content (AvgIpc) is 2.18. The zero-order valence-corrected chi connectivity index (χ0v) is 9.69. The first kappa shape index (κ1) is 13.3. The van der Waals surface area contributed by atoms with Crippen LogP contribution in [0.3, 0.4) is 0 Å². The second-order valence-electron chi connectivity index (χ2n) is 2.98. The van der Waals surface area contributed by atoms with E-state index >= 15 is 0 Å². The third-order valence-electron chi connectivity index (χ3n) is 1.72. The van der Waals surface area contributed by atoms with Crippen molar-refractivity contribution in [3.05, 3.63) is 0 Å². The van der Waals surface area contributed by atoms with Crippen LogP contribution in [0.25, 0.3) is 0 Å². The summed E-state index contributed by atoms with van der Waals surface area (Å²) in [6, 6.07) is 2.04. The van der Waals surface area contributed by atoms with Crippen LogP contribution in [0.5, 0.6) is 0 Å². The quantitative estimate of drug-likeness (QED) is 0.657. The Hall–Kier alpha value is -0.690. The minimum absolute atomic E-state index is 0.132. The summed E-state index contributed by atoms with van der Waals surface area (Å²) >= 11 is 1.80. The minimum atomic E-state index is -0.473. The smallest absolute Gasteiger partial charge is 0.237 e. The molecule has 0 aromatic carbocycles. The van der Waals surface area contributed by atoms with Gasteiger partial charge in [0.2, 0.25) is 5.91 Å². The van der Waals surface area contributed by atoms with Crippen molar-refractivity contribution in [2.75, 3.05) is 18.1 Å². The molecule has 1 atom stereocenters. The highest BCUT2D eigenvalue weighted by molar-refractivity contribution is 7.99. The number of carbonyl (C=O) groups excluding carboxylic acids is 1. The van der Waals surface area contributed by atoms with Crippen LogP contribution in [-0.2, 0) is 4.79 Å². The van der Waals surface area contributed by atoms with Crippen LogP contribution >= 0.6 is 11.8 Å². The van der Waals surface area contributed by atoms with Gasteiger partial charge in [-0.1, -0.05) is 6.92 Å². The molecule has 0 aliphatic rings. The maximum Gasteiger partial charge on any atom is 0.237 e. The lowest BCUT2D eigenvalue weighted by molar-refractivity contribution is -0.123. The van der Waals surface area contributed by atoms with E-state index in [1.807, 2.05) is 13.0 Å². The van der Waals surface area contributed by atoms with Crippen LogP contribution in [0.1, 0.15) is 26.7 Å². The summed E-state index contributed by atoms with van der Waals surface area (Å²) in [5.41, 5.74) is 0. The van der Waals surface area contributed by atoms with Gasteiger partial charge >= 0.3 is 0 Å². The molecular formula is C10H18N2OS. The number of carbonyl (C=O) groups is 1. The van der Waals surface area contributed by atoms with Gasteiger partial charge in [0.05, 0.1) is 6.07 Å². The summed E-state index contributed by atoms with van der Waals surface area (Å²) in [6.45, 7) is 4.58. The molecule has 80 valence electrons. The van der Waals surface area contributed by atoms with Crippen molar-refractivity contribution in [3.63, 3.8) is 0 Å². The van der Waals surface area contributed by atoms with Crippen LogP contribution in [0.2, 0.25) is 0 Å². The fourth-order valence-electron chi connectivity index (χ4n) is 0.999. The number of hydrogen-bond donors (Lipinski definition) is 1. The number of nitriles is 1. The van der Waals surface area contributed by atoms with E-state index in [1.165, 1.54) is 0 Å². The molecule has 0 saturated carbocycles. The summed E-state index contributed by atoms with van der Waals surface area (Å²) in [4.78, 5) is 11.3. The second-order valence-corrected chi connectivity index (χ2v) is 4.20. The third-order valence-corrected chi connectivity index (χ3v) is 2.94. The Morgan fingerprint density at radius 2 is 2.21 bits per heavy atom. The van der Waals surface area contributed by atoms with E-state index in [-0.39, 0.29) is 5.91 Å². The first-order valence-electron chi connectivity index (χ1n) is 5.01. The normalized spacial score (nSPS) is 11.8. The van der Waals surface area contributed by atoms with E-state index in [1.54, 1.807) is 11.8 Å². The summed E-state index contributed by atoms with van der Waals surface area (Å²) < 4.78 is 0. The lowest BCUT2D eigenvalue weighted by Gasteiger charge is -2.07. The zero-order chi connectivity index (χ0) is 10.8. The monoisotopic (exact) mass is 214 g/mol. The Morgan fingerprint density at radius 3 is 2.71 bits per heavy atom. The number of hydrogen-bond acceptors (Lipinski definition) is 3. The van der Waals surface area contributed by atoms with Gasteiger partial charge < -0.3 is 5.32 Å². The maximum atomic E-state index is 11.3. The van der Waals surface area contributed by atoms with Crippen molar-refractivity contribution in [3.8, 4) is 6.07 Å². The highest BCUT2D eigenvalue weighted by Gasteiger charge is 2.15. The van der Waals surface area contributed by atoms with Crippen LogP contribution in [0, 0.1) is 17.2 Å². The highest BCUT2D eigenvalue weighted by atomic mass is 32.2. The topological polar surface area (TPSA) is 52.9 Å². The van der Waals surface area contributed by atoms with Crippen molar-refractivity contribution in [1.29, 1.82) is 5.26 Å². The lowest BCUT2D eigenvalue weighted by Crippen LogP contribution is -2.29. The predicted octanol–water partition coefficient (Wildman–Crippen LogP) is 1.80. The molecule has 0 rings (SSSR count). The Bertz CT molecular complexity index is 201. The van der Waals surface area contributed by atoms with Crippen molar-refractivity contribution in [2.24, 2.45) is 5.92 Å². The molecule has 0 aromatic rings. The van der Waals surface area contributed by atoms with Gasteiger partial charge in [-0.05, 0) is 31.3 Å². The van der Waals surface area contributed by atoms with E-state index in [9.17, 15) is 4.79 Å². The lowest BCUT2D eigenvalue weighted by atomic mass is 10.1. The van der Waals surface area contributed by atoms with Gasteiger partial charge in [0.1, 0.15) is 5.92 Å². The predicted molar refractivity (Wildman–Crippen MR) is 60.0 cm³/mol. The van der Waals surface area contributed by atoms with Crippen molar-refractivity contribution in [2.45, 2.75) is 26.7 Å². The third kappa shape index (κ3) is 5.87. The van der Waals surface area contributed by atoms with E-state index in [4.69, 9.17) is 5.26 Å². The molecule has 3 nitrogen and oxygen atoms in total. The fraction of sp³-hybridized carbons (Fsp3) is 0.800. The Kier molecular flexibility index (Phi) is 8.45. The van der Waals surface area contributed by atoms with E-state index in [0.29, 0.717) is 13.0 Å². The molecule has 0 aliphatic carbocycles. The van der Waals surface area contributed by atoms with Crippen LogP contribution in [0.4, 0.5) is 0 Å². The molecule has 0 saturated heterocycles. The van der Waals surface area contributed by atoms with Gasteiger partial charge in [0, 0.05) is 6.54 Å². The molecule has 1 unspecified atom stereocenters. The van der Waals surface area contributed by atoms with Gasteiger partial charge in [0.15, 0.2) is 0 Å². The van der Waals surface area contributed by atoms with Crippen LogP contribution in [0.15, 0.2) is 0 Å². The number of nitrogens with zero attached hydrogens (tertiary/aromatic N) is 1. The number of rotatable bonds is 7. The minimum Gasteiger partial charge on any atom is -0.355 e. The first-order valence-corrected chi connectivity index (χ1v) is 6.16. The van der Waals surface area contributed by atoms with Gasteiger partial charge in [-0.15, -0.1) is 0 Å². The Morgan fingerprint density at radius 1 is 1.50 bits per heavy atom. The van der Waals surface area contributed by atoms with Gasteiger partial charge in [0.25, 0.3) is 0 Å². The molecule has 4 heteroatoms. The van der Waals surface area contributed by atoms with E-state index in [2.05, 4.69) is 12.2 Å². The number of amides is 1. The summed E-state index contributed by atoms with van der Waals surface area (Å²) in [5, 5.41) is 11.4. The van der Waals surface area contributed by atoms with Gasteiger partial charge in [-0.3, -0.25) is 4.79 Å². The molecule has 0 aliphatic heterocycles. The largest absolute Gasteiger partial charge is 0.355 e. The average molecular weight is 214 g/mol. The first-order chi connectivity index (χ1) is 6.76. The van der Waals surface area contributed by atoms with E-state index < -0.39 is 5.92 Å². The number of nitrogens with one attached hydrogen (secondary N) is 1. The van der Waals surface area contributed by atoms with Crippen molar-refractivity contribution >= 4 is 17.7 Å². The summed E-state index contributed by atoms with van der Waals surface area (Å²) in [6.07, 6.45) is 1.80. The van der Waals surface area contributed by atoms with Crippen LogP contribution in [-0.4, -0.2) is 24.0 Å². The molecule has 0 spiro atoms. The molecule has 0 heterocycles. The molecule has 1 N–H and O–H groups in total. The molecule has 0 radical (unpaired) electrons. The number of thioether (sulfide) groups is 1. The SMILES string of the molecule is CCCSCCC(C#N)C(=O)NCC. The second kappa shape index (κ2) is 8.89. The maximum absolute atomic E-state index is 11.3. The van der Waals surface area contributed by atoms with Gasteiger partial charge in [-0.2, -0.15) is 17.0 Å². The van der Waals surface area contributed by atoms with Crippen molar-refractivity contribution < 1.29 is 4.79 Å². The molecule has 1 amide bonds. The summed E-state index contributed by atoms with van der Waals surface area (Å²) in [7, 11) is 0. The van der Waals surface area contributed by atoms with Crippen LogP contribution < -0.4 is 5.32 Å². The highest BCUT2D eigenvalue weighted by Crippen LogP contribution is 2.10. The van der Waals surface area contributed by atoms with Gasteiger partial charge in [-0.25, -0.2) is 0 Å². The molecule has 0 aromatic heterocycles. The molecule has 0 bridgehead atoms. The molecular weight excluding hydrogens is 196 g/mol. The standard InChI is InChI=1S/C10H18N2OS/c1-3-6-14-7-5-9(8-11)10(13)12-4-2/h9H,3-7H2,1-2H3,(H,12,13). The summed E-state index contributed by atoms with van der Waals surface area (Å²) in [5.74, 6) is 1.39.